The molecule has 0 aromatic carbocycles. The lowest BCUT2D eigenvalue weighted by molar-refractivity contribution is -0.134. The molecule has 100 valence electrons. The summed E-state index contributed by atoms with van der Waals surface area (Å²) in [6.45, 7) is 8.85. The Hall–Kier alpha value is -0.120. The quantitative estimate of drug-likeness (QED) is 0.821. The lowest BCUT2D eigenvalue weighted by atomic mass is 9.68. The van der Waals surface area contributed by atoms with Crippen LogP contribution < -0.4 is 0 Å². The van der Waals surface area contributed by atoms with Crippen molar-refractivity contribution in [3.8, 4) is 0 Å². The Bertz CT molecular complexity index is 253. The number of rotatable bonds is 3. The first-order valence-corrected chi connectivity index (χ1v) is 7.09. The average molecular weight is 241 g/mol. The van der Waals surface area contributed by atoms with Crippen LogP contribution in [0.5, 0.6) is 0 Å². The summed E-state index contributed by atoms with van der Waals surface area (Å²) in [7, 11) is 0. The third kappa shape index (κ3) is 3.01. The van der Waals surface area contributed by atoms with Crippen molar-refractivity contribution in [2.24, 2.45) is 5.41 Å². The third-order valence-electron chi connectivity index (χ3n) is 4.74. The van der Waals surface area contributed by atoms with Gasteiger partial charge in [0.05, 0.1) is 12.2 Å². The second-order valence-corrected chi connectivity index (χ2v) is 6.18. The summed E-state index contributed by atoms with van der Waals surface area (Å²) < 4.78 is 5.97. The largest absolute Gasteiger partial charge is 0.395 e. The highest BCUT2D eigenvalue weighted by Gasteiger charge is 2.44. The second kappa shape index (κ2) is 5.25. The van der Waals surface area contributed by atoms with E-state index in [0.717, 1.165) is 32.7 Å². The van der Waals surface area contributed by atoms with E-state index in [2.05, 4.69) is 18.7 Å². The molecule has 0 aromatic rings. The number of nitrogens with zero attached hydrogens (tertiary/aromatic N) is 1. The lowest BCUT2D eigenvalue weighted by Crippen LogP contribution is -2.51. The molecule has 3 nitrogen and oxygen atoms in total. The van der Waals surface area contributed by atoms with Gasteiger partial charge in [0.2, 0.25) is 0 Å². The number of aliphatic hydroxyl groups excluding tert-OH is 1. The molecule has 2 rings (SSSR count). The predicted molar refractivity (Wildman–Crippen MR) is 69.1 cm³/mol. The van der Waals surface area contributed by atoms with Gasteiger partial charge in [0.1, 0.15) is 0 Å². The Morgan fingerprint density at radius 1 is 1.35 bits per heavy atom. The lowest BCUT2D eigenvalue weighted by Gasteiger charge is -2.50. The van der Waals surface area contributed by atoms with Crippen LogP contribution >= 0.6 is 0 Å². The fourth-order valence-corrected chi connectivity index (χ4v) is 3.66. The molecule has 0 aromatic heterocycles. The topological polar surface area (TPSA) is 32.7 Å². The van der Waals surface area contributed by atoms with Crippen LogP contribution in [-0.2, 0) is 4.74 Å². The summed E-state index contributed by atoms with van der Waals surface area (Å²) in [4.78, 5) is 2.44. The molecule has 2 atom stereocenters. The van der Waals surface area contributed by atoms with Gasteiger partial charge in [-0.25, -0.2) is 0 Å². The van der Waals surface area contributed by atoms with Crippen LogP contribution in [0.2, 0.25) is 0 Å². The van der Waals surface area contributed by atoms with Crippen molar-refractivity contribution >= 4 is 0 Å². The minimum atomic E-state index is 0.0838. The van der Waals surface area contributed by atoms with Crippen molar-refractivity contribution in [3.63, 3.8) is 0 Å². The van der Waals surface area contributed by atoms with Gasteiger partial charge in [0.25, 0.3) is 0 Å². The third-order valence-corrected chi connectivity index (χ3v) is 4.74. The van der Waals surface area contributed by atoms with E-state index in [1.54, 1.807) is 0 Å². The normalized spacial score (nSPS) is 39.7. The van der Waals surface area contributed by atoms with E-state index in [1.807, 2.05) is 0 Å². The van der Waals surface area contributed by atoms with Crippen molar-refractivity contribution in [2.45, 2.75) is 51.6 Å². The first kappa shape index (κ1) is 13.3. The molecule has 2 saturated heterocycles. The first-order valence-electron chi connectivity index (χ1n) is 7.09. The molecular formula is C14H27NO2. The highest BCUT2D eigenvalue weighted by molar-refractivity contribution is 4.95. The van der Waals surface area contributed by atoms with Crippen molar-refractivity contribution in [2.75, 3.05) is 32.8 Å². The molecule has 1 spiro atoms. The smallest absolute Gasteiger partial charge is 0.0657 e. The summed E-state index contributed by atoms with van der Waals surface area (Å²) in [6, 6.07) is 0. The number of hydrogen-bond donors (Lipinski definition) is 1. The molecule has 0 aliphatic carbocycles. The number of hydrogen-bond acceptors (Lipinski definition) is 3. The molecule has 17 heavy (non-hydrogen) atoms. The number of likely N-dealkylation sites (tertiary alicyclic amines) is 1. The van der Waals surface area contributed by atoms with E-state index in [-0.39, 0.29) is 12.2 Å². The summed E-state index contributed by atoms with van der Waals surface area (Å²) in [5.74, 6) is 0. The van der Waals surface area contributed by atoms with Gasteiger partial charge >= 0.3 is 0 Å². The molecule has 2 fully saturated rings. The Kier molecular flexibility index (Phi) is 4.11. The molecule has 2 unspecified atom stereocenters. The van der Waals surface area contributed by atoms with Crippen LogP contribution in [0.15, 0.2) is 0 Å². The minimum absolute atomic E-state index is 0.0838. The zero-order chi connectivity index (χ0) is 12.4. The molecule has 0 bridgehead atoms. The zero-order valence-corrected chi connectivity index (χ0v) is 11.4. The molecular weight excluding hydrogens is 214 g/mol. The van der Waals surface area contributed by atoms with E-state index >= 15 is 0 Å². The van der Waals surface area contributed by atoms with Crippen LogP contribution in [0.1, 0.15) is 46.0 Å². The standard InChI is InChI=1S/C14H27NO2/c1-3-13(2)11-14(6-10-17-13)5-4-7-15(12-14)8-9-16/h16H,3-12H2,1-2H3. The predicted octanol–water partition coefficient (Wildman–Crippen LogP) is 2.04. The van der Waals surface area contributed by atoms with E-state index in [9.17, 15) is 0 Å². The summed E-state index contributed by atoms with van der Waals surface area (Å²) >= 11 is 0. The molecule has 1 N–H and O–H groups in total. The highest BCUT2D eigenvalue weighted by Crippen LogP contribution is 2.45. The fraction of sp³-hybridized carbons (Fsp3) is 1.00. The van der Waals surface area contributed by atoms with Crippen molar-refractivity contribution in [3.05, 3.63) is 0 Å². The fourth-order valence-electron chi connectivity index (χ4n) is 3.66. The van der Waals surface area contributed by atoms with E-state index < -0.39 is 0 Å². The summed E-state index contributed by atoms with van der Waals surface area (Å²) in [5, 5.41) is 9.09. The second-order valence-electron chi connectivity index (χ2n) is 6.18. The van der Waals surface area contributed by atoms with Crippen LogP contribution in [-0.4, -0.2) is 48.5 Å². The van der Waals surface area contributed by atoms with Crippen molar-refractivity contribution < 1.29 is 9.84 Å². The maximum atomic E-state index is 9.09. The van der Waals surface area contributed by atoms with Gasteiger partial charge in [0, 0.05) is 19.7 Å². The van der Waals surface area contributed by atoms with Gasteiger partial charge in [-0.05, 0) is 51.0 Å². The summed E-state index contributed by atoms with van der Waals surface area (Å²) in [6.07, 6.45) is 6.12. The molecule has 2 aliphatic heterocycles. The number of piperidine rings is 1. The van der Waals surface area contributed by atoms with E-state index in [4.69, 9.17) is 9.84 Å². The number of aliphatic hydroxyl groups is 1. The monoisotopic (exact) mass is 241 g/mol. The molecule has 0 radical (unpaired) electrons. The van der Waals surface area contributed by atoms with Gasteiger partial charge in [-0.3, -0.25) is 0 Å². The van der Waals surface area contributed by atoms with Gasteiger partial charge < -0.3 is 14.7 Å². The molecule has 2 heterocycles. The Morgan fingerprint density at radius 3 is 2.88 bits per heavy atom. The maximum absolute atomic E-state index is 9.09. The SMILES string of the molecule is CCC1(C)CC2(CCCN(CCO)C2)CCO1. The zero-order valence-electron chi connectivity index (χ0n) is 11.4. The highest BCUT2D eigenvalue weighted by atomic mass is 16.5. The van der Waals surface area contributed by atoms with Crippen molar-refractivity contribution in [1.29, 1.82) is 0 Å². The molecule has 0 saturated carbocycles. The molecule has 0 amide bonds. The first-order chi connectivity index (χ1) is 8.11. The van der Waals surface area contributed by atoms with E-state index in [0.29, 0.717) is 5.41 Å². The summed E-state index contributed by atoms with van der Waals surface area (Å²) in [5.41, 5.74) is 0.539. The van der Waals surface area contributed by atoms with Gasteiger partial charge in [0.15, 0.2) is 0 Å². The van der Waals surface area contributed by atoms with Gasteiger partial charge in [-0.1, -0.05) is 6.92 Å². The Labute approximate surface area is 105 Å². The number of ether oxygens (including phenoxy) is 1. The van der Waals surface area contributed by atoms with Crippen LogP contribution in [0, 0.1) is 5.41 Å². The molecule has 3 heteroatoms. The van der Waals surface area contributed by atoms with E-state index in [1.165, 1.54) is 25.7 Å². The minimum Gasteiger partial charge on any atom is -0.395 e. The van der Waals surface area contributed by atoms with Crippen molar-refractivity contribution in [1.82, 2.24) is 4.90 Å². The maximum Gasteiger partial charge on any atom is 0.0657 e. The molecule has 2 aliphatic rings. The average Bonchev–Trinajstić information content (AvgIpc) is 2.29. The van der Waals surface area contributed by atoms with Crippen LogP contribution in [0.4, 0.5) is 0 Å². The Morgan fingerprint density at radius 2 is 2.18 bits per heavy atom. The van der Waals surface area contributed by atoms with Gasteiger partial charge in [-0.2, -0.15) is 0 Å². The van der Waals surface area contributed by atoms with Gasteiger partial charge in [-0.15, -0.1) is 0 Å². The number of β-amino-alcohol motifs (C(OH)–C–C–N with tert-alkyl or cyclic N) is 1. The Balaban J connectivity index is 2.02. The van der Waals surface area contributed by atoms with Crippen LogP contribution in [0.3, 0.4) is 0 Å². The van der Waals surface area contributed by atoms with Crippen LogP contribution in [0.25, 0.3) is 0 Å².